The summed E-state index contributed by atoms with van der Waals surface area (Å²) in [5.74, 6) is 0.928. The number of para-hydroxylation sites is 2. The van der Waals surface area contributed by atoms with Gasteiger partial charge in [-0.25, -0.2) is 0 Å². The molecule has 0 atom stereocenters. The molecule has 3 nitrogen and oxygen atoms in total. The van der Waals surface area contributed by atoms with Gasteiger partial charge in [0.25, 0.3) is 0 Å². The Hall–Kier alpha value is -2.00. The quantitative estimate of drug-likeness (QED) is 0.786. The maximum atomic E-state index is 5.77. The fraction of sp³-hybridized carbons (Fsp3) is 0.294. The van der Waals surface area contributed by atoms with E-state index in [4.69, 9.17) is 10.5 Å². The first-order valence-electron chi connectivity index (χ1n) is 6.98. The highest BCUT2D eigenvalue weighted by atomic mass is 16.5. The molecule has 20 heavy (non-hydrogen) atoms. The third kappa shape index (κ3) is 4.00. The van der Waals surface area contributed by atoms with Gasteiger partial charge in [0, 0.05) is 25.8 Å². The van der Waals surface area contributed by atoms with Crippen LogP contribution in [0.5, 0.6) is 5.75 Å². The van der Waals surface area contributed by atoms with Gasteiger partial charge in [0.2, 0.25) is 0 Å². The summed E-state index contributed by atoms with van der Waals surface area (Å²) in [7, 11) is 2.09. The Balaban J connectivity index is 1.79. The Bertz CT molecular complexity index is 513. The molecule has 0 radical (unpaired) electrons. The molecule has 0 bridgehead atoms. The van der Waals surface area contributed by atoms with Crippen LogP contribution in [0.1, 0.15) is 12.0 Å². The number of ether oxygens (including phenoxy) is 1. The van der Waals surface area contributed by atoms with Gasteiger partial charge in [0.05, 0.1) is 6.61 Å². The van der Waals surface area contributed by atoms with Crippen LogP contribution in [0.2, 0.25) is 0 Å². The minimum Gasteiger partial charge on any atom is -0.494 e. The van der Waals surface area contributed by atoms with Crippen molar-refractivity contribution in [1.82, 2.24) is 0 Å². The molecule has 0 aliphatic carbocycles. The van der Waals surface area contributed by atoms with Crippen molar-refractivity contribution in [3.05, 3.63) is 60.2 Å². The van der Waals surface area contributed by atoms with Crippen molar-refractivity contribution in [2.75, 3.05) is 25.1 Å². The summed E-state index contributed by atoms with van der Waals surface area (Å²) in [5, 5.41) is 0. The zero-order valence-electron chi connectivity index (χ0n) is 12.0. The largest absolute Gasteiger partial charge is 0.494 e. The maximum absolute atomic E-state index is 5.77. The maximum Gasteiger partial charge on any atom is 0.119 e. The van der Waals surface area contributed by atoms with Crippen LogP contribution in [0.3, 0.4) is 0 Å². The topological polar surface area (TPSA) is 38.5 Å². The zero-order chi connectivity index (χ0) is 14.2. The lowest BCUT2D eigenvalue weighted by Gasteiger charge is -2.22. The van der Waals surface area contributed by atoms with Crippen molar-refractivity contribution in [2.45, 2.75) is 13.0 Å². The number of nitrogens with two attached hydrogens (primary N) is 1. The molecule has 0 unspecified atom stereocenters. The number of anilines is 1. The average Bonchev–Trinajstić information content (AvgIpc) is 2.52. The first-order valence-corrected chi connectivity index (χ1v) is 6.98. The van der Waals surface area contributed by atoms with E-state index in [1.54, 1.807) is 0 Å². The predicted molar refractivity (Wildman–Crippen MR) is 84.2 cm³/mol. The highest BCUT2D eigenvalue weighted by Crippen LogP contribution is 2.18. The van der Waals surface area contributed by atoms with Gasteiger partial charge in [-0.3, -0.25) is 0 Å². The molecule has 106 valence electrons. The standard InChI is InChI=1S/C17H22N2O/c1-19(17-11-6-5-8-15(17)14-18)12-7-13-20-16-9-3-2-4-10-16/h2-6,8-11H,7,12-14,18H2,1H3. The van der Waals surface area contributed by atoms with E-state index >= 15 is 0 Å². The Morgan fingerprint density at radius 3 is 2.45 bits per heavy atom. The summed E-state index contributed by atoms with van der Waals surface area (Å²) >= 11 is 0. The SMILES string of the molecule is CN(CCCOc1ccccc1)c1ccccc1CN. The van der Waals surface area contributed by atoms with E-state index in [1.165, 1.54) is 11.3 Å². The average molecular weight is 270 g/mol. The highest BCUT2D eigenvalue weighted by molar-refractivity contribution is 5.52. The van der Waals surface area contributed by atoms with E-state index in [9.17, 15) is 0 Å². The van der Waals surface area contributed by atoms with Gasteiger partial charge in [-0.05, 0) is 30.2 Å². The molecule has 0 aliphatic rings. The molecule has 2 aromatic rings. The lowest BCUT2D eigenvalue weighted by atomic mass is 10.1. The molecule has 0 saturated heterocycles. The molecule has 0 heterocycles. The van der Waals surface area contributed by atoms with Crippen LogP contribution in [0.15, 0.2) is 54.6 Å². The molecule has 2 aromatic carbocycles. The van der Waals surface area contributed by atoms with Gasteiger partial charge in [-0.15, -0.1) is 0 Å². The van der Waals surface area contributed by atoms with Crippen LogP contribution in [0.4, 0.5) is 5.69 Å². The molecule has 0 amide bonds. The minimum atomic E-state index is 0.570. The fourth-order valence-corrected chi connectivity index (χ4v) is 2.18. The van der Waals surface area contributed by atoms with Crippen molar-refractivity contribution >= 4 is 5.69 Å². The van der Waals surface area contributed by atoms with E-state index in [0.717, 1.165) is 25.3 Å². The molecule has 2 N–H and O–H groups in total. The second-order valence-electron chi connectivity index (χ2n) is 4.77. The Morgan fingerprint density at radius 1 is 1.00 bits per heavy atom. The molecule has 0 aliphatic heterocycles. The van der Waals surface area contributed by atoms with Gasteiger partial charge in [-0.2, -0.15) is 0 Å². The van der Waals surface area contributed by atoms with E-state index in [0.29, 0.717) is 6.54 Å². The number of rotatable bonds is 7. The van der Waals surface area contributed by atoms with Crippen LogP contribution in [-0.2, 0) is 6.54 Å². The molecule has 0 saturated carbocycles. The lowest BCUT2D eigenvalue weighted by molar-refractivity contribution is 0.312. The third-order valence-electron chi connectivity index (χ3n) is 3.27. The van der Waals surface area contributed by atoms with E-state index in [1.807, 2.05) is 42.5 Å². The first-order chi connectivity index (χ1) is 9.81. The molecule has 3 heteroatoms. The summed E-state index contributed by atoms with van der Waals surface area (Å²) < 4.78 is 5.70. The summed E-state index contributed by atoms with van der Waals surface area (Å²) in [6, 6.07) is 18.2. The summed E-state index contributed by atoms with van der Waals surface area (Å²) in [6.07, 6.45) is 0.976. The smallest absolute Gasteiger partial charge is 0.119 e. The van der Waals surface area contributed by atoms with Crippen LogP contribution < -0.4 is 15.4 Å². The van der Waals surface area contributed by atoms with Crippen molar-refractivity contribution in [3.63, 3.8) is 0 Å². The van der Waals surface area contributed by atoms with Crippen LogP contribution in [-0.4, -0.2) is 20.2 Å². The molecule has 2 rings (SSSR count). The van der Waals surface area contributed by atoms with E-state index in [-0.39, 0.29) is 0 Å². The van der Waals surface area contributed by atoms with Crippen molar-refractivity contribution < 1.29 is 4.74 Å². The summed E-state index contributed by atoms with van der Waals surface area (Å²) in [5.41, 5.74) is 8.15. The van der Waals surface area contributed by atoms with Crippen LogP contribution in [0, 0.1) is 0 Å². The second-order valence-corrected chi connectivity index (χ2v) is 4.77. The molecule has 0 spiro atoms. The molecular formula is C17H22N2O. The Kier molecular flexibility index (Phi) is 5.44. The Labute approximate surface area is 121 Å². The number of hydrogen-bond acceptors (Lipinski definition) is 3. The minimum absolute atomic E-state index is 0.570. The summed E-state index contributed by atoms with van der Waals surface area (Å²) in [4.78, 5) is 2.23. The van der Waals surface area contributed by atoms with E-state index in [2.05, 4.69) is 24.1 Å². The third-order valence-corrected chi connectivity index (χ3v) is 3.27. The number of hydrogen-bond donors (Lipinski definition) is 1. The van der Waals surface area contributed by atoms with Gasteiger partial charge >= 0.3 is 0 Å². The van der Waals surface area contributed by atoms with Crippen LogP contribution in [0.25, 0.3) is 0 Å². The van der Waals surface area contributed by atoms with Gasteiger partial charge in [-0.1, -0.05) is 36.4 Å². The van der Waals surface area contributed by atoms with Gasteiger partial charge in [0.15, 0.2) is 0 Å². The predicted octanol–water partition coefficient (Wildman–Crippen LogP) is 3.05. The molecular weight excluding hydrogens is 248 g/mol. The normalized spacial score (nSPS) is 10.3. The zero-order valence-corrected chi connectivity index (χ0v) is 12.0. The van der Waals surface area contributed by atoms with Crippen molar-refractivity contribution in [3.8, 4) is 5.75 Å². The van der Waals surface area contributed by atoms with Crippen LogP contribution >= 0.6 is 0 Å². The lowest BCUT2D eigenvalue weighted by Crippen LogP contribution is -2.22. The van der Waals surface area contributed by atoms with Gasteiger partial charge < -0.3 is 15.4 Å². The second kappa shape index (κ2) is 7.56. The summed E-state index contributed by atoms with van der Waals surface area (Å²) in [6.45, 7) is 2.24. The number of benzene rings is 2. The number of nitrogens with zero attached hydrogens (tertiary/aromatic N) is 1. The Morgan fingerprint density at radius 2 is 1.70 bits per heavy atom. The van der Waals surface area contributed by atoms with Gasteiger partial charge in [0.1, 0.15) is 5.75 Å². The molecule has 0 fully saturated rings. The van der Waals surface area contributed by atoms with Crippen molar-refractivity contribution in [1.29, 1.82) is 0 Å². The molecule has 0 aromatic heterocycles. The monoisotopic (exact) mass is 270 g/mol. The highest BCUT2D eigenvalue weighted by Gasteiger charge is 2.05. The first kappa shape index (κ1) is 14.4. The van der Waals surface area contributed by atoms with Crippen molar-refractivity contribution in [2.24, 2.45) is 5.73 Å². The van der Waals surface area contributed by atoms with E-state index < -0.39 is 0 Å². The fourth-order valence-electron chi connectivity index (χ4n) is 2.18.